The van der Waals surface area contributed by atoms with Crippen LogP contribution in [0.2, 0.25) is 0 Å². The van der Waals surface area contributed by atoms with Gasteiger partial charge in [0.05, 0.1) is 0 Å². The Balaban J connectivity index is 2.52. The van der Waals surface area contributed by atoms with Crippen molar-refractivity contribution < 1.29 is 5.11 Å². The number of halogens is 1. The van der Waals surface area contributed by atoms with E-state index >= 15 is 0 Å². The molecule has 1 aromatic carbocycles. The Hall–Kier alpha value is -0.130. The molecule has 1 rings (SSSR count). The molecule has 2 nitrogen and oxygen atoms in total. The first-order chi connectivity index (χ1) is 7.59. The van der Waals surface area contributed by atoms with Gasteiger partial charge in [0.1, 0.15) is 0 Å². The van der Waals surface area contributed by atoms with Crippen LogP contribution in [-0.2, 0) is 6.54 Å². The lowest BCUT2D eigenvalue weighted by Crippen LogP contribution is -2.42. The Bertz CT molecular complexity index is 312. The lowest BCUT2D eigenvalue weighted by Gasteiger charge is -2.29. The molecule has 90 valence electrons. The van der Waals surface area contributed by atoms with Crippen LogP contribution in [0.1, 0.15) is 32.3 Å². The average molecular weight is 333 g/mol. The zero-order chi connectivity index (χ0) is 12.0. The third-order valence-electron chi connectivity index (χ3n) is 3.08. The highest BCUT2D eigenvalue weighted by Crippen LogP contribution is 2.15. The van der Waals surface area contributed by atoms with Gasteiger partial charge in [0.15, 0.2) is 0 Å². The Labute approximate surface area is 112 Å². The smallest absolute Gasteiger partial charge is 0.0448 e. The molecule has 3 heteroatoms. The number of rotatable bonds is 6. The molecule has 0 aliphatic carbocycles. The molecule has 0 aliphatic heterocycles. The zero-order valence-electron chi connectivity index (χ0n) is 9.96. The van der Waals surface area contributed by atoms with Gasteiger partial charge in [-0.2, -0.15) is 0 Å². The molecule has 0 saturated heterocycles. The Morgan fingerprint density at radius 2 is 1.94 bits per heavy atom. The summed E-state index contributed by atoms with van der Waals surface area (Å²) >= 11 is 2.31. The van der Waals surface area contributed by atoms with Crippen molar-refractivity contribution in [1.29, 1.82) is 0 Å². The number of aliphatic hydroxyl groups excluding tert-OH is 1. The second kappa shape index (κ2) is 6.57. The maximum absolute atomic E-state index is 9.03. The summed E-state index contributed by atoms with van der Waals surface area (Å²) in [5, 5.41) is 12.5. The van der Waals surface area contributed by atoms with Crippen molar-refractivity contribution in [2.45, 2.75) is 38.8 Å². The number of nitrogens with one attached hydrogen (secondary N) is 1. The minimum Gasteiger partial charge on any atom is -0.396 e. The molecule has 0 saturated carbocycles. The molecule has 1 aromatic rings. The summed E-state index contributed by atoms with van der Waals surface area (Å²) in [6, 6.07) is 8.52. The molecule has 0 aliphatic rings. The maximum atomic E-state index is 9.03. The molecule has 1 atom stereocenters. The summed E-state index contributed by atoms with van der Waals surface area (Å²) in [7, 11) is 0. The first-order valence-corrected chi connectivity index (χ1v) is 6.78. The predicted octanol–water partition coefficient (Wildman–Crippen LogP) is 2.93. The van der Waals surface area contributed by atoms with Crippen LogP contribution in [0, 0.1) is 3.57 Å². The third kappa shape index (κ3) is 4.39. The second-order valence-electron chi connectivity index (χ2n) is 4.37. The molecule has 2 N–H and O–H groups in total. The van der Waals surface area contributed by atoms with Gasteiger partial charge in [0, 0.05) is 22.3 Å². The van der Waals surface area contributed by atoms with E-state index in [4.69, 9.17) is 5.11 Å². The van der Waals surface area contributed by atoms with Gasteiger partial charge >= 0.3 is 0 Å². The molecule has 0 aromatic heterocycles. The van der Waals surface area contributed by atoms with Gasteiger partial charge in [-0.15, -0.1) is 0 Å². The summed E-state index contributed by atoms with van der Waals surface area (Å²) in [6.45, 7) is 5.41. The van der Waals surface area contributed by atoms with Crippen molar-refractivity contribution in [3.63, 3.8) is 0 Å². The van der Waals surface area contributed by atoms with Crippen LogP contribution in [-0.4, -0.2) is 17.3 Å². The minimum absolute atomic E-state index is 0.0394. The van der Waals surface area contributed by atoms with Crippen LogP contribution < -0.4 is 5.32 Å². The van der Waals surface area contributed by atoms with Crippen molar-refractivity contribution in [3.05, 3.63) is 33.4 Å². The highest BCUT2D eigenvalue weighted by Gasteiger charge is 2.19. The number of aliphatic hydroxyl groups is 1. The Morgan fingerprint density at radius 1 is 1.31 bits per heavy atom. The molecule has 0 amide bonds. The fourth-order valence-electron chi connectivity index (χ4n) is 1.55. The fraction of sp³-hybridized carbons (Fsp3) is 0.538. The summed E-state index contributed by atoms with van der Waals surface area (Å²) in [5.41, 5.74) is 1.33. The van der Waals surface area contributed by atoms with Crippen LogP contribution in [0.3, 0.4) is 0 Å². The van der Waals surface area contributed by atoms with E-state index in [1.165, 1.54) is 9.13 Å². The van der Waals surface area contributed by atoms with E-state index in [2.05, 4.69) is 66.0 Å². The fourth-order valence-corrected chi connectivity index (χ4v) is 1.91. The van der Waals surface area contributed by atoms with Crippen molar-refractivity contribution >= 4 is 22.6 Å². The van der Waals surface area contributed by atoms with Crippen LogP contribution in [0.15, 0.2) is 24.3 Å². The van der Waals surface area contributed by atoms with Crippen LogP contribution in [0.5, 0.6) is 0 Å². The van der Waals surface area contributed by atoms with Gasteiger partial charge in [0.2, 0.25) is 0 Å². The monoisotopic (exact) mass is 333 g/mol. The quantitative estimate of drug-likeness (QED) is 0.785. The van der Waals surface area contributed by atoms with Crippen molar-refractivity contribution in [1.82, 2.24) is 5.32 Å². The van der Waals surface area contributed by atoms with Gasteiger partial charge in [0.25, 0.3) is 0 Å². The van der Waals surface area contributed by atoms with Crippen molar-refractivity contribution in [2.24, 2.45) is 0 Å². The Kier molecular flexibility index (Phi) is 5.72. The topological polar surface area (TPSA) is 32.3 Å². The average Bonchev–Trinajstić information content (AvgIpc) is 2.29. The molecule has 0 fully saturated rings. The molecule has 0 spiro atoms. The molecule has 1 unspecified atom stereocenters. The van der Waals surface area contributed by atoms with E-state index in [1.54, 1.807) is 0 Å². The maximum Gasteiger partial charge on any atom is 0.0448 e. The molecular weight excluding hydrogens is 313 g/mol. The number of benzene rings is 1. The number of hydrogen-bond donors (Lipinski definition) is 2. The van der Waals surface area contributed by atoms with Crippen LogP contribution in [0.4, 0.5) is 0 Å². The van der Waals surface area contributed by atoms with Crippen molar-refractivity contribution in [2.75, 3.05) is 6.61 Å². The zero-order valence-corrected chi connectivity index (χ0v) is 12.1. The lowest BCUT2D eigenvalue weighted by molar-refractivity contribution is 0.214. The van der Waals surface area contributed by atoms with Gasteiger partial charge in [-0.05, 0) is 60.1 Å². The molecule has 0 bridgehead atoms. The van der Waals surface area contributed by atoms with E-state index < -0.39 is 0 Å². The van der Waals surface area contributed by atoms with E-state index in [9.17, 15) is 0 Å². The summed E-state index contributed by atoms with van der Waals surface area (Å²) < 4.78 is 1.26. The van der Waals surface area contributed by atoms with Gasteiger partial charge in [-0.25, -0.2) is 0 Å². The molecule has 0 radical (unpaired) electrons. The van der Waals surface area contributed by atoms with Crippen LogP contribution >= 0.6 is 22.6 Å². The molecule has 16 heavy (non-hydrogen) atoms. The predicted molar refractivity (Wildman–Crippen MR) is 76.4 cm³/mol. The van der Waals surface area contributed by atoms with E-state index in [0.29, 0.717) is 0 Å². The third-order valence-corrected chi connectivity index (χ3v) is 3.80. The molecule has 0 heterocycles. The molecular formula is C13H20INO. The highest BCUT2D eigenvalue weighted by molar-refractivity contribution is 14.1. The van der Waals surface area contributed by atoms with Gasteiger partial charge < -0.3 is 10.4 Å². The van der Waals surface area contributed by atoms with E-state index in [1.807, 2.05) is 0 Å². The van der Waals surface area contributed by atoms with E-state index in [-0.39, 0.29) is 12.1 Å². The van der Waals surface area contributed by atoms with Gasteiger partial charge in [-0.1, -0.05) is 19.1 Å². The Morgan fingerprint density at radius 3 is 2.44 bits per heavy atom. The standard InChI is InChI=1S/C13H20INO/c1-3-13(2,8-9-16)15-10-11-4-6-12(14)7-5-11/h4-7,15-16H,3,8-10H2,1-2H3. The first-order valence-electron chi connectivity index (χ1n) is 5.70. The van der Waals surface area contributed by atoms with Gasteiger partial charge in [-0.3, -0.25) is 0 Å². The summed E-state index contributed by atoms with van der Waals surface area (Å²) in [4.78, 5) is 0. The number of hydrogen-bond acceptors (Lipinski definition) is 2. The second-order valence-corrected chi connectivity index (χ2v) is 5.61. The minimum atomic E-state index is 0.0394. The summed E-state index contributed by atoms with van der Waals surface area (Å²) in [6.07, 6.45) is 1.83. The van der Waals surface area contributed by atoms with E-state index in [0.717, 1.165) is 19.4 Å². The van der Waals surface area contributed by atoms with Crippen molar-refractivity contribution in [3.8, 4) is 0 Å². The summed E-state index contributed by atoms with van der Waals surface area (Å²) in [5.74, 6) is 0. The highest BCUT2D eigenvalue weighted by atomic mass is 127. The normalized spacial score (nSPS) is 14.8. The SMILES string of the molecule is CCC(C)(CCO)NCc1ccc(I)cc1. The lowest BCUT2D eigenvalue weighted by atomic mass is 9.94. The van der Waals surface area contributed by atoms with Crippen LogP contribution in [0.25, 0.3) is 0 Å². The largest absolute Gasteiger partial charge is 0.396 e. The first kappa shape index (κ1) is 13.9.